The van der Waals surface area contributed by atoms with Crippen LogP contribution in [0.5, 0.6) is 0 Å². The second-order valence-electron chi connectivity index (χ2n) is 6.55. The van der Waals surface area contributed by atoms with Crippen molar-refractivity contribution in [3.63, 3.8) is 0 Å². The summed E-state index contributed by atoms with van der Waals surface area (Å²) in [5.74, 6) is -1.12. The fraction of sp³-hybridized carbons (Fsp3) is 0.263. The highest BCUT2D eigenvalue weighted by atomic mass is 35.5. The van der Waals surface area contributed by atoms with Gasteiger partial charge in [-0.25, -0.2) is 4.79 Å². The first-order valence-corrected chi connectivity index (χ1v) is 8.84. The lowest BCUT2D eigenvalue weighted by atomic mass is 9.85. The summed E-state index contributed by atoms with van der Waals surface area (Å²) in [7, 11) is 0. The molecule has 148 valence electrons. The van der Waals surface area contributed by atoms with Crippen LogP contribution in [0, 0.1) is 13.8 Å². The van der Waals surface area contributed by atoms with Gasteiger partial charge in [-0.05, 0) is 48.7 Å². The summed E-state index contributed by atoms with van der Waals surface area (Å²) in [6.07, 6.45) is -5.36. The van der Waals surface area contributed by atoms with Gasteiger partial charge in [0.15, 0.2) is 0 Å². The van der Waals surface area contributed by atoms with E-state index in [2.05, 4.69) is 5.16 Å². The number of rotatable bonds is 3. The van der Waals surface area contributed by atoms with Crippen LogP contribution in [-0.2, 0) is 10.4 Å². The van der Waals surface area contributed by atoms with Crippen LogP contribution in [0.4, 0.5) is 13.2 Å². The molecule has 0 aromatic heterocycles. The third kappa shape index (κ3) is 3.33. The van der Waals surface area contributed by atoms with Gasteiger partial charge in [0.1, 0.15) is 0 Å². The number of hydrogen-bond acceptors (Lipinski definition) is 3. The van der Waals surface area contributed by atoms with Gasteiger partial charge in [-0.1, -0.05) is 40.5 Å². The molecular weight excluding hydrogens is 418 g/mol. The number of aromatic carboxylic acids is 1. The topological polar surface area (TPSA) is 58.9 Å². The van der Waals surface area contributed by atoms with Crippen LogP contribution < -0.4 is 0 Å². The Labute approximate surface area is 168 Å². The van der Waals surface area contributed by atoms with Crippen LogP contribution in [0.15, 0.2) is 35.5 Å². The Bertz CT molecular complexity index is 981. The van der Waals surface area contributed by atoms with E-state index >= 15 is 0 Å². The Kier molecular flexibility index (Phi) is 5.10. The average Bonchev–Trinajstić information content (AvgIpc) is 3.05. The number of hydrogen-bond donors (Lipinski definition) is 1. The van der Waals surface area contributed by atoms with Gasteiger partial charge >= 0.3 is 12.1 Å². The predicted molar refractivity (Wildman–Crippen MR) is 99.3 cm³/mol. The second-order valence-corrected chi connectivity index (χ2v) is 7.34. The minimum absolute atomic E-state index is 0.0148. The average molecular weight is 432 g/mol. The number of oxime groups is 1. The number of aryl methyl sites for hydroxylation is 2. The molecule has 0 bridgehead atoms. The fourth-order valence-electron chi connectivity index (χ4n) is 3.10. The van der Waals surface area contributed by atoms with Gasteiger partial charge in [0.25, 0.3) is 5.60 Å². The van der Waals surface area contributed by atoms with Crippen molar-refractivity contribution in [1.29, 1.82) is 0 Å². The summed E-state index contributed by atoms with van der Waals surface area (Å²) >= 11 is 12.0. The van der Waals surface area contributed by atoms with Gasteiger partial charge in [-0.2, -0.15) is 13.2 Å². The number of carboxylic acid groups (broad SMARTS) is 1. The Morgan fingerprint density at radius 3 is 2.39 bits per heavy atom. The number of carboxylic acids is 1. The molecule has 28 heavy (non-hydrogen) atoms. The lowest BCUT2D eigenvalue weighted by molar-refractivity contribution is -0.275. The molecule has 2 aromatic carbocycles. The molecular formula is C19H14Cl2F3NO3. The number of carbonyl (C=O) groups is 1. The number of nitrogens with zero attached hydrogens (tertiary/aromatic N) is 1. The van der Waals surface area contributed by atoms with Crippen LogP contribution in [0.3, 0.4) is 0 Å². The maximum absolute atomic E-state index is 14.1. The lowest BCUT2D eigenvalue weighted by Crippen LogP contribution is -2.42. The van der Waals surface area contributed by atoms with Gasteiger partial charge in [-0.3, -0.25) is 0 Å². The lowest BCUT2D eigenvalue weighted by Gasteiger charge is -2.30. The summed E-state index contributed by atoms with van der Waals surface area (Å²) in [4.78, 5) is 16.1. The van der Waals surface area contributed by atoms with E-state index in [9.17, 15) is 18.0 Å². The van der Waals surface area contributed by atoms with Crippen LogP contribution in [0.25, 0.3) is 0 Å². The molecule has 1 unspecified atom stereocenters. The van der Waals surface area contributed by atoms with Gasteiger partial charge in [0.2, 0.25) is 0 Å². The van der Waals surface area contributed by atoms with E-state index in [1.807, 2.05) is 0 Å². The number of halogens is 5. The van der Waals surface area contributed by atoms with Crippen LogP contribution in [0.2, 0.25) is 10.0 Å². The highest BCUT2D eigenvalue weighted by Crippen LogP contribution is 2.50. The van der Waals surface area contributed by atoms with Crippen molar-refractivity contribution in [1.82, 2.24) is 0 Å². The zero-order valence-corrected chi connectivity index (χ0v) is 16.2. The summed E-state index contributed by atoms with van der Waals surface area (Å²) in [5, 5.41) is 12.9. The molecule has 0 saturated carbocycles. The molecule has 0 aliphatic carbocycles. The van der Waals surface area contributed by atoms with Crippen LogP contribution >= 0.6 is 23.2 Å². The SMILES string of the molecule is Cc1cc(C2=NOC(c3cc(C)c(Cl)c(Cl)c3)(C(F)(F)F)C2)ccc1C(=O)O. The molecule has 0 spiro atoms. The van der Waals surface area contributed by atoms with Gasteiger partial charge in [0.05, 0.1) is 21.3 Å². The molecule has 1 heterocycles. The van der Waals surface area contributed by atoms with Crippen LogP contribution in [0.1, 0.15) is 39.0 Å². The minimum Gasteiger partial charge on any atom is -0.478 e. The van der Waals surface area contributed by atoms with Crippen molar-refractivity contribution in [2.75, 3.05) is 0 Å². The van der Waals surface area contributed by atoms with E-state index < -0.39 is 24.2 Å². The Morgan fingerprint density at radius 2 is 1.86 bits per heavy atom. The van der Waals surface area contributed by atoms with E-state index in [0.717, 1.165) is 6.07 Å². The largest absolute Gasteiger partial charge is 0.478 e. The first kappa shape index (κ1) is 20.5. The zero-order valence-electron chi connectivity index (χ0n) is 14.7. The molecule has 0 fully saturated rings. The smallest absolute Gasteiger partial charge is 0.435 e. The van der Waals surface area contributed by atoms with E-state index in [0.29, 0.717) is 16.7 Å². The molecule has 2 aromatic rings. The standard InChI is InChI=1S/C19H14Cl2F3NO3/c1-9-5-11(3-4-13(9)17(26)27)15-8-18(28-25-15,19(22,23)24)12-6-10(2)16(21)14(20)7-12/h3-7H,8H2,1-2H3,(H,26,27). The molecule has 9 heteroatoms. The maximum atomic E-state index is 14.1. The molecule has 4 nitrogen and oxygen atoms in total. The first-order valence-electron chi connectivity index (χ1n) is 8.08. The van der Waals surface area contributed by atoms with Gasteiger partial charge in [-0.15, -0.1) is 0 Å². The monoisotopic (exact) mass is 431 g/mol. The van der Waals surface area contributed by atoms with Crippen molar-refractivity contribution in [2.45, 2.75) is 32.0 Å². The molecule has 0 amide bonds. The van der Waals surface area contributed by atoms with E-state index in [1.165, 1.54) is 24.3 Å². The normalized spacial score (nSPS) is 19.3. The summed E-state index contributed by atoms with van der Waals surface area (Å²) in [6, 6.07) is 6.61. The molecule has 0 radical (unpaired) electrons. The number of benzene rings is 2. The summed E-state index contributed by atoms with van der Waals surface area (Å²) < 4.78 is 42.2. The van der Waals surface area contributed by atoms with E-state index in [1.54, 1.807) is 13.8 Å². The van der Waals surface area contributed by atoms with Crippen LogP contribution in [-0.4, -0.2) is 23.0 Å². The Hall–Kier alpha value is -2.25. The van der Waals surface area contributed by atoms with Crippen molar-refractivity contribution in [3.05, 3.63) is 68.2 Å². The summed E-state index contributed by atoms with van der Waals surface area (Å²) in [5.41, 5.74) is -1.66. The quantitative estimate of drug-likeness (QED) is 0.658. The van der Waals surface area contributed by atoms with Crippen molar-refractivity contribution in [2.24, 2.45) is 5.16 Å². The molecule has 1 aliphatic rings. The fourth-order valence-corrected chi connectivity index (χ4v) is 3.48. The zero-order chi connectivity index (χ0) is 20.9. The van der Waals surface area contributed by atoms with Gasteiger partial charge < -0.3 is 9.94 Å². The third-order valence-electron chi connectivity index (χ3n) is 4.65. The Balaban J connectivity index is 2.04. The highest BCUT2D eigenvalue weighted by molar-refractivity contribution is 6.42. The number of alkyl halides is 3. The third-order valence-corrected chi connectivity index (χ3v) is 5.55. The Morgan fingerprint density at radius 1 is 1.18 bits per heavy atom. The maximum Gasteiger partial charge on any atom is 0.435 e. The highest BCUT2D eigenvalue weighted by Gasteiger charge is 2.62. The predicted octanol–water partition coefficient (Wildman–Crippen LogP) is 5.89. The van der Waals surface area contributed by atoms with Crippen molar-refractivity contribution in [3.8, 4) is 0 Å². The van der Waals surface area contributed by atoms with Gasteiger partial charge in [0, 0.05) is 12.0 Å². The molecule has 0 saturated heterocycles. The molecule has 1 atom stereocenters. The summed E-state index contributed by atoms with van der Waals surface area (Å²) in [6.45, 7) is 3.11. The molecule has 1 N–H and O–H groups in total. The molecule has 1 aliphatic heterocycles. The van der Waals surface area contributed by atoms with Crippen molar-refractivity contribution >= 4 is 34.9 Å². The van der Waals surface area contributed by atoms with E-state index in [-0.39, 0.29) is 26.9 Å². The van der Waals surface area contributed by atoms with E-state index in [4.69, 9.17) is 33.1 Å². The molecule has 3 rings (SSSR count). The minimum atomic E-state index is -4.78. The van der Waals surface area contributed by atoms with Crippen molar-refractivity contribution < 1.29 is 27.9 Å². The second kappa shape index (κ2) is 6.97. The first-order chi connectivity index (χ1) is 13.0.